The molecular formula is C32H36F2N4O3S. The Labute approximate surface area is 247 Å². The van der Waals surface area contributed by atoms with Gasteiger partial charge in [-0.3, -0.25) is 9.20 Å². The highest BCUT2D eigenvalue weighted by Crippen LogP contribution is 2.38. The van der Waals surface area contributed by atoms with Crippen molar-refractivity contribution in [3.8, 4) is 17.0 Å². The highest BCUT2D eigenvalue weighted by molar-refractivity contribution is 7.23. The number of carbonyl (C=O) groups excluding carboxylic acids is 1. The first-order valence-corrected chi connectivity index (χ1v) is 16.0. The van der Waals surface area contributed by atoms with E-state index in [4.69, 9.17) is 14.5 Å². The number of likely N-dealkylation sites (tertiary alicyclic amines) is 1. The molecule has 4 aromatic rings. The molecule has 3 aliphatic rings. The van der Waals surface area contributed by atoms with E-state index in [2.05, 4.69) is 10.2 Å². The number of ether oxygens (including phenoxy) is 2. The van der Waals surface area contributed by atoms with Crippen molar-refractivity contribution in [1.82, 2.24) is 19.6 Å². The highest BCUT2D eigenvalue weighted by atomic mass is 32.1. The van der Waals surface area contributed by atoms with Crippen LogP contribution in [0.4, 0.5) is 8.78 Å². The number of benzene rings is 2. The Morgan fingerprint density at radius 1 is 1.14 bits per heavy atom. The van der Waals surface area contributed by atoms with Gasteiger partial charge in [-0.15, -0.1) is 0 Å². The van der Waals surface area contributed by atoms with E-state index in [1.807, 2.05) is 28.8 Å². The SMILES string of the molecule is O=C(NCCCN1CCC(F)CC1)c1cc(OCC2CC2)c2c(c1)sc1nc(-c3ccc([C@H]4CCCO4)cc3F)cn12. The van der Waals surface area contributed by atoms with Crippen molar-refractivity contribution in [1.29, 1.82) is 0 Å². The second-order valence-corrected chi connectivity index (χ2v) is 12.8. The van der Waals surface area contributed by atoms with Crippen LogP contribution in [-0.4, -0.2) is 65.8 Å². The lowest BCUT2D eigenvalue weighted by Gasteiger charge is -2.28. The quantitative estimate of drug-likeness (QED) is 0.211. The summed E-state index contributed by atoms with van der Waals surface area (Å²) in [5.41, 5.74) is 3.27. The third-order valence-corrected chi connectivity index (χ3v) is 9.62. The van der Waals surface area contributed by atoms with Gasteiger partial charge in [0, 0.05) is 43.6 Å². The maximum absolute atomic E-state index is 15.2. The Balaban J connectivity index is 1.11. The smallest absolute Gasteiger partial charge is 0.251 e. The molecule has 1 atom stereocenters. The summed E-state index contributed by atoms with van der Waals surface area (Å²) >= 11 is 1.46. The van der Waals surface area contributed by atoms with Crippen LogP contribution < -0.4 is 10.1 Å². The molecule has 1 amide bonds. The predicted octanol–water partition coefficient (Wildman–Crippen LogP) is 6.55. The van der Waals surface area contributed by atoms with E-state index in [1.165, 1.54) is 11.3 Å². The number of hydrogen-bond acceptors (Lipinski definition) is 6. The molecular weight excluding hydrogens is 558 g/mol. The summed E-state index contributed by atoms with van der Waals surface area (Å²) < 4.78 is 43.5. The lowest BCUT2D eigenvalue weighted by atomic mass is 10.0. The van der Waals surface area contributed by atoms with Gasteiger partial charge >= 0.3 is 0 Å². The first kappa shape index (κ1) is 27.7. The first-order valence-electron chi connectivity index (χ1n) is 15.2. The Kier molecular flexibility index (Phi) is 7.85. The first-order chi connectivity index (χ1) is 20.5. The van der Waals surface area contributed by atoms with Crippen LogP contribution in [-0.2, 0) is 4.74 Å². The molecule has 42 heavy (non-hydrogen) atoms. The summed E-state index contributed by atoms with van der Waals surface area (Å²) in [7, 11) is 0. The number of nitrogens with one attached hydrogen (secondary N) is 1. The number of halogens is 2. The average Bonchev–Trinajstić information content (AvgIpc) is 3.34. The van der Waals surface area contributed by atoms with Crippen LogP contribution >= 0.6 is 11.3 Å². The number of aromatic nitrogens is 2. The predicted molar refractivity (Wildman–Crippen MR) is 160 cm³/mol. The summed E-state index contributed by atoms with van der Waals surface area (Å²) in [4.78, 5) is 20.9. The molecule has 0 bridgehead atoms. The summed E-state index contributed by atoms with van der Waals surface area (Å²) in [6, 6.07) is 8.99. The zero-order valence-electron chi connectivity index (χ0n) is 23.6. The van der Waals surface area contributed by atoms with Gasteiger partial charge in [0.1, 0.15) is 23.3 Å². The van der Waals surface area contributed by atoms with E-state index in [0.29, 0.717) is 66.0 Å². The molecule has 0 unspecified atom stereocenters. The Morgan fingerprint density at radius 3 is 2.76 bits per heavy atom. The molecule has 7 rings (SSSR count). The van der Waals surface area contributed by atoms with E-state index in [9.17, 15) is 9.18 Å². The number of hydrogen-bond donors (Lipinski definition) is 1. The van der Waals surface area contributed by atoms with Crippen LogP contribution in [0, 0.1) is 11.7 Å². The largest absolute Gasteiger partial charge is 0.491 e. The van der Waals surface area contributed by atoms with E-state index in [-0.39, 0.29) is 17.8 Å². The molecule has 4 heterocycles. The van der Waals surface area contributed by atoms with Crippen LogP contribution in [0.5, 0.6) is 5.75 Å². The Hall–Kier alpha value is -3.08. The minimum atomic E-state index is -0.677. The van der Waals surface area contributed by atoms with Crippen molar-refractivity contribution in [3.63, 3.8) is 0 Å². The summed E-state index contributed by atoms with van der Waals surface area (Å²) in [5, 5.41) is 3.04. The lowest BCUT2D eigenvalue weighted by Crippen LogP contribution is -2.36. The standard InChI is InChI=1S/C32H36F2N4O3S/c33-23-8-12-37(13-9-23)11-2-10-35-31(39)22-16-28(41-19-20-4-5-20)30-29(17-22)42-32-36-26(18-38(30)32)24-7-6-21(15-25(24)34)27-3-1-14-40-27/h6-7,15-18,20,23,27H,1-5,8-14,19H2,(H,35,39)/t27-/m1/s1. The summed E-state index contributed by atoms with van der Waals surface area (Å²) in [6.45, 7) is 4.29. The van der Waals surface area contributed by atoms with Gasteiger partial charge in [0.2, 0.25) is 0 Å². The fourth-order valence-electron chi connectivity index (χ4n) is 5.97. The maximum atomic E-state index is 15.2. The Bertz CT molecular complexity index is 1590. The van der Waals surface area contributed by atoms with E-state index in [1.54, 1.807) is 12.1 Å². The minimum Gasteiger partial charge on any atom is -0.491 e. The van der Waals surface area contributed by atoms with Crippen molar-refractivity contribution in [3.05, 3.63) is 53.5 Å². The molecule has 2 aromatic heterocycles. The molecule has 222 valence electrons. The number of carbonyl (C=O) groups is 1. The summed E-state index contributed by atoms with van der Waals surface area (Å²) in [5.74, 6) is 0.733. The number of imidazole rings is 1. The molecule has 3 fully saturated rings. The summed E-state index contributed by atoms with van der Waals surface area (Å²) in [6.07, 6.45) is 7.36. The molecule has 7 nitrogen and oxygen atoms in total. The van der Waals surface area contributed by atoms with Crippen LogP contribution in [0.25, 0.3) is 26.4 Å². The molecule has 2 aromatic carbocycles. The molecule has 2 saturated heterocycles. The molecule has 1 N–H and O–H groups in total. The van der Waals surface area contributed by atoms with Gasteiger partial charge < -0.3 is 19.7 Å². The van der Waals surface area contributed by atoms with E-state index < -0.39 is 6.17 Å². The molecule has 0 radical (unpaired) electrons. The third-order valence-electron chi connectivity index (χ3n) is 8.61. The van der Waals surface area contributed by atoms with Crippen LogP contribution in [0.15, 0.2) is 36.5 Å². The number of alkyl halides is 1. The van der Waals surface area contributed by atoms with Crippen LogP contribution in [0.1, 0.15) is 67.0 Å². The number of piperidine rings is 1. The van der Waals surface area contributed by atoms with Crippen molar-refractivity contribution in [2.75, 3.05) is 39.4 Å². The third kappa shape index (κ3) is 5.89. The number of rotatable bonds is 10. The molecule has 1 aliphatic carbocycles. The topological polar surface area (TPSA) is 68.1 Å². The van der Waals surface area contributed by atoms with Gasteiger partial charge in [-0.1, -0.05) is 17.4 Å². The normalized spacial score (nSPS) is 20.1. The van der Waals surface area contributed by atoms with Crippen molar-refractivity contribution in [2.24, 2.45) is 5.92 Å². The highest BCUT2D eigenvalue weighted by Gasteiger charge is 2.25. The number of nitrogens with zero attached hydrogens (tertiary/aromatic N) is 3. The molecule has 1 saturated carbocycles. The van der Waals surface area contributed by atoms with Crippen molar-refractivity contribution in [2.45, 2.75) is 57.2 Å². The maximum Gasteiger partial charge on any atom is 0.251 e. The lowest BCUT2D eigenvalue weighted by molar-refractivity contribution is 0.0949. The van der Waals surface area contributed by atoms with Gasteiger partial charge in [0.25, 0.3) is 5.91 Å². The van der Waals surface area contributed by atoms with Crippen LogP contribution in [0.3, 0.4) is 0 Å². The van der Waals surface area contributed by atoms with Crippen LogP contribution in [0.2, 0.25) is 0 Å². The molecule has 2 aliphatic heterocycles. The van der Waals surface area contributed by atoms with Gasteiger partial charge in [-0.25, -0.2) is 13.8 Å². The Morgan fingerprint density at radius 2 is 2.00 bits per heavy atom. The van der Waals surface area contributed by atoms with Gasteiger partial charge in [-0.2, -0.15) is 0 Å². The van der Waals surface area contributed by atoms with Crippen molar-refractivity contribution < 1.29 is 23.0 Å². The second-order valence-electron chi connectivity index (χ2n) is 11.8. The fourth-order valence-corrected chi connectivity index (χ4v) is 7.03. The van der Waals surface area contributed by atoms with E-state index in [0.717, 1.165) is 67.5 Å². The average molecular weight is 595 g/mol. The second kappa shape index (κ2) is 11.9. The fraction of sp³-hybridized carbons (Fsp3) is 0.500. The van der Waals surface area contributed by atoms with Gasteiger partial charge in [-0.05, 0) is 87.2 Å². The number of fused-ring (bicyclic) bond motifs is 3. The minimum absolute atomic E-state index is 0.0410. The zero-order chi connectivity index (χ0) is 28.6. The monoisotopic (exact) mass is 594 g/mol. The molecule has 0 spiro atoms. The van der Waals surface area contributed by atoms with Crippen molar-refractivity contribution >= 4 is 32.4 Å². The van der Waals surface area contributed by atoms with E-state index >= 15 is 4.39 Å². The molecule has 10 heteroatoms. The number of thiazole rings is 1. The zero-order valence-corrected chi connectivity index (χ0v) is 24.4. The number of amides is 1. The van der Waals surface area contributed by atoms with Gasteiger partial charge in [0.05, 0.1) is 23.1 Å². The van der Waals surface area contributed by atoms with Gasteiger partial charge in [0.15, 0.2) is 4.96 Å².